The van der Waals surface area contributed by atoms with Crippen LogP contribution in [-0.4, -0.2) is 34.5 Å². The highest BCUT2D eigenvalue weighted by Crippen LogP contribution is 2.32. The van der Waals surface area contributed by atoms with Crippen molar-refractivity contribution in [1.82, 2.24) is 4.90 Å². The molecular formula is C14H17NO4. The molecule has 1 heterocycles. The van der Waals surface area contributed by atoms with Gasteiger partial charge in [0.1, 0.15) is 11.3 Å². The number of methoxy groups -OCH3 is 1. The summed E-state index contributed by atoms with van der Waals surface area (Å²) in [5, 5.41) is 9.31. The second-order valence-electron chi connectivity index (χ2n) is 4.91. The lowest BCUT2D eigenvalue weighted by atomic mass is 9.99. The third-order valence-electron chi connectivity index (χ3n) is 3.68. The second kappa shape index (κ2) is 4.91. The molecule has 1 aromatic rings. The first-order valence-corrected chi connectivity index (χ1v) is 6.14. The number of rotatable bonds is 4. The SMILES string of the molecule is COc1ccc(CN2C(=O)CCC2(C)C(=O)O)cc1. The molecule has 102 valence electrons. The van der Waals surface area contributed by atoms with Gasteiger partial charge in [-0.05, 0) is 31.0 Å². The minimum Gasteiger partial charge on any atom is -0.497 e. The number of aliphatic carboxylic acids is 1. The number of benzene rings is 1. The zero-order valence-corrected chi connectivity index (χ0v) is 11.0. The number of hydrogen-bond acceptors (Lipinski definition) is 3. The third-order valence-corrected chi connectivity index (χ3v) is 3.68. The van der Waals surface area contributed by atoms with Crippen molar-refractivity contribution in [3.05, 3.63) is 29.8 Å². The van der Waals surface area contributed by atoms with Crippen LogP contribution in [0.25, 0.3) is 0 Å². The van der Waals surface area contributed by atoms with Gasteiger partial charge in [0.15, 0.2) is 0 Å². The number of ether oxygens (including phenoxy) is 1. The molecule has 0 bridgehead atoms. The molecule has 1 aliphatic rings. The van der Waals surface area contributed by atoms with E-state index >= 15 is 0 Å². The van der Waals surface area contributed by atoms with Crippen molar-refractivity contribution in [2.45, 2.75) is 31.8 Å². The summed E-state index contributed by atoms with van der Waals surface area (Å²) in [6.45, 7) is 1.91. The zero-order valence-electron chi connectivity index (χ0n) is 11.0. The molecule has 1 fully saturated rings. The predicted molar refractivity (Wildman–Crippen MR) is 68.8 cm³/mol. The highest BCUT2D eigenvalue weighted by Gasteiger charge is 2.47. The number of carbonyl (C=O) groups excluding carboxylic acids is 1. The standard InChI is InChI=1S/C14H17NO4/c1-14(13(17)18)8-7-12(16)15(14)9-10-3-5-11(19-2)6-4-10/h3-6H,7-9H2,1-2H3,(H,17,18). The van der Waals surface area contributed by atoms with Gasteiger partial charge in [-0.1, -0.05) is 12.1 Å². The Morgan fingerprint density at radius 2 is 2.05 bits per heavy atom. The molecule has 1 aliphatic heterocycles. The summed E-state index contributed by atoms with van der Waals surface area (Å²) in [6, 6.07) is 7.28. The van der Waals surface area contributed by atoms with E-state index in [2.05, 4.69) is 0 Å². The molecule has 1 amide bonds. The summed E-state index contributed by atoms with van der Waals surface area (Å²) in [7, 11) is 1.58. The van der Waals surface area contributed by atoms with Crippen molar-refractivity contribution >= 4 is 11.9 Å². The monoisotopic (exact) mass is 263 g/mol. The summed E-state index contributed by atoms with van der Waals surface area (Å²) >= 11 is 0. The van der Waals surface area contributed by atoms with Crippen molar-refractivity contribution in [3.63, 3.8) is 0 Å². The van der Waals surface area contributed by atoms with Gasteiger partial charge in [0.05, 0.1) is 7.11 Å². The molecule has 0 aromatic heterocycles. The fourth-order valence-corrected chi connectivity index (χ4v) is 2.29. The van der Waals surface area contributed by atoms with Gasteiger partial charge in [0, 0.05) is 13.0 Å². The molecule has 1 N–H and O–H groups in total. The van der Waals surface area contributed by atoms with Gasteiger partial charge in [-0.15, -0.1) is 0 Å². The fraction of sp³-hybridized carbons (Fsp3) is 0.429. The van der Waals surface area contributed by atoms with Crippen molar-refractivity contribution in [2.24, 2.45) is 0 Å². The van der Waals surface area contributed by atoms with E-state index in [0.717, 1.165) is 11.3 Å². The topological polar surface area (TPSA) is 66.8 Å². The summed E-state index contributed by atoms with van der Waals surface area (Å²) in [4.78, 5) is 24.7. The first-order valence-electron chi connectivity index (χ1n) is 6.14. The summed E-state index contributed by atoms with van der Waals surface area (Å²) in [6.07, 6.45) is 0.649. The van der Waals surface area contributed by atoms with E-state index in [1.54, 1.807) is 26.2 Å². The quantitative estimate of drug-likeness (QED) is 0.897. The molecule has 2 rings (SSSR count). The van der Waals surface area contributed by atoms with Crippen molar-refractivity contribution < 1.29 is 19.4 Å². The molecular weight excluding hydrogens is 246 g/mol. The molecule has 1 atom stereocenters. The van der Waals surface area contributed by atoms with E-state index in [1.165, 1.54) is 4.90 Å². The number of likely N-dealkylation sites (tertiary alicyclic amines) is 1. The number of nitrogens with zero attached hydrogens (tertiary/aromatic N) is 1. The van der Waals surface area contributed by atoms with Crippen molar-refractivity contribution in [3.8, 4) is 5.75 Å². The Balaban J connectivity index is 2.20. The Morgan fingerprint density at radius 1 is 1.42 bits per heavy atom. The van der Waals surface area contributed by atoms with E-state index in [9.17, 15) is 14.7 Å². The first kappa shape index (κ1) is 13.4. The molecule has 1 saturated heterocycles. The van der Waals surface area contributed by atoms with Gasteiger partial charge >= 0.3 is 5.97 Å². The van der Waals surface area contributed by atoms with E-state index in [1.807, 2.05) is 12.1 Å². The normalized spacial score (nSPS) is 22.6. The van der Waals surface area contributed by atoms with Crippen molar-refractivity contribution in [1.29, 1.82) is 0 Å². The van der Waals surface area contributed by atoms with Crippen LogP contribution >= 0.6 is 0 Å². The molecule has 0 aliphatic carbocycles. The molecule has 5 heteroatoms. The lowest BCUT2D eigenvalue weighted by molar-refractivity contribution is -0.153. The van der Waals surface area contributed by atoms with Gasteiger partial charge in [-0.3, -0.25) is 4.79 Å². The number of carboxylic acids is 1. The molecule has 5 nitrogen and oxygen atoms in total. The number of amides is 1. The number of hydrogen-bond donors (Lipinski definition) is 1. The maximum absolute atomic E-state index is 11.9. The van der Waals surface area contributed by atoms with Crippen LogP contribution in [0.1, 0.15) is 25.3 Å². The summed E-state index contributed by atoms with van der Waals surface area (Å²) < 4.78 is 5.06. The van der Waals surface area contributed by atoms with E-state index in [0.29, 0.717) is 19.4 Å². The van der Waals surface area contributed by atoms with Crippen LogP contribution in [0.3, 0.4) is 0 Å². The molecule has 0 radical (unpaired) electrons. The zero-order chi connectivity index (χ0) is 14.0. The molecule has 0 spiro atoms. The average Bonchev–Trinajstić information content (AvgIpc) is 2.69. The summed E-state index contributed by atoms with van der Waals surface area (Å²) in [5.74, 6) is -0.329. The van der Waals surface area contributed by atoms with Crippen LogP contribution in [0.5, 0.6) is 5.75 Å². The van der Waals surface area contributed by atoms with Crippen LogP contribution in [0, 0.1) is 0 Å². The Labute approximate surface area is 111 Å². The van der Waals surface area contributed by atoms with Gasteiger partial charge in [0.2, 0.25) is 5.91 Å². The maximum Gasteiger partial charge on any atom is 0.329 e. The molecule has 0 saturated carbocycles. The van der Waals surface area contributed by atoms with Crippen LogP contribution in [0.15, 0.2) is 24.3 Å². The van der Waals surface area contributed by atoms with Gasteiger partial charge in [0.25, 0.3) is 0 Å². The Hall–Kier alpha value is -2.04. The predicted octanol–water partition coefficient (Wildman–Crippen LogP) is 1.66. The molecule has 19 heavy (non-hydrogen) atoms. The lowest BCUT2D eigenvalue weighted by Crippen LogP contribution is -2.48. The van der Waals surface area contributed by atoms with Gasteiger partial charge in [-0.2, -0.15) is 0 Å². The van der Waals surface area contributed by atoms with Crippen LogP contribution in [0.2, 0.25) is 0 Å². The third kappa shape index (κ3) is 2.41. The Kier molecular flexibility index (Phi) is 3.46. The van der Waals surface area contributed by atoms with E-state index in [-0.39, 0.29) is 5.91 Å². The van der Waals surface area contributed by atoms with Gasteiger partial charge in [-0.25, -0.2) is 4.79 Å². The van der Waals surface area contributed by atoms with Gasteiger partial charge < -0.3 is 14.7 Å². The number of carbonyl (C=O) groups is 2. The first-order chi connectivity index (χ1) is 8.97. The summed E-state index contributed by atoms with van der Waals surface area (Å²) in [5.41, 5.74) is -0.208. The highest BCUT2D eigenvalue weighted by atomic mass is 16.5. The maximum atomic E-state index is 11.9. The minimum absolute atomic E-state index is 0.110. The van der Waals surface area contributed by atoms with Crippen LogP contribution in [-0.2, 0) is 16.1 Å². The smallest absolute Gasteiger partial charge is 0.329 e. The Morgan fingerprint density at radius 3 is 2.58 bits per heavy atom. The fourth-order valence-electron chi connectivity index (χ4n) is 2.29. The molecule has 1 aromatic carbocycles. The number of carboxylic acid groups (broad SMARTS) is 1. The lowest BCUT2D eigenvalue weighted by Gasteiger charge is -2.31. The highest BCUT2D eigenvalue weighted by molar-refractivity contribution is 5.90. The van der Waals surface area contributed by atoms with Crippen LogP contribution < -0.4 is 4.74 Å². The van der Waals surface area contributed by atoms with Crippen LogP contribution in [0.4, 0.5) is 0 Å². The van der Waals surface area contributed by atoms with E-state index < -0.39 is 11.5 Å². The largest absolute Gasteiger partial charge is 0.497 e. The van der Waals surface area contributed by atoms with E-state index in [4.69, 9.17) is 4.74 Å². The van der Waals surface area contributed by atoms with Crippen molar-refractivity contribution in [2.75, 3.05) is 7.11 Å². The Bertz CT molecular complexity index is 497. The minimum atomic E-state index is -1.10. The molecule has 1 unspecified atom stereocenters. The second-order valence-corrected chi connectivity index (χ2v) is 4.91. The average molecular weight is 263 g/mol.